The minimum absolute atomic E-state index is 0.153. The molecule has 2 unspecified atom stereocenters. The van der Waals surface area contributed by atoms with Gasteiger partial charge in [0.2, 0.25) is 0 Å². The van der Waals surface area contributed by atoms with Gasteiger partial charge in [-0.2, -0.15) is 0 Å². The van der Waals surface area contributed by atoms with E-state index in [2.05, 4.69) is 36.1 Å². The Morgan fingerprint density at radius 2 is 1.79 bits per heavy atom. The summed E-state index contributed by atoms with van der Waals surface area (Å²) in [5, 5.41) is 12.4. The molecule has 33 heavy (non-hydrogen) atoms. The van der Waals surface area contributed by atoms with Crippen LogP contribution in [0, 0.1) is 11.8 Å². The molecule has 2 saturated heterocycles. The van der Waals surface area contributed by atoms with E-state index in [4.69, 9.17) is 16.3 Å². The van der Waals surface area contributed by atoms with Gasteiger partial charge in [-0.15, -0.1) is 0 Å². The van der Waals surface area contributed by atoms with Crippen LogP contribution in [0.1, 0.15) is 70.3 Å². The van der Waals surface area contributed by atoms with Gasteiger partial charge in [-0.1, -0.05) is 49.2 Å². The second-order valence-electron chi connectivity index (χ2n) is 10.5. The molecule has 2 aromatic carbocycles. The van der Waals surface area contributed by atoms with Crippen molar-refractivity contribution in [2.75, 3.05) is 6.54 Å². The molecule has 4 nitrogen and oxygen atoms in total. The van der Waals surface area contributed by atoms with Crippen LogP contribution in [0.3, 0.4) is 0 Å². The fourth-order valence-electron chi connectivity index (χ4n) is 6.50. The Morgan fingerprint density at radius 3 is 2.45 bits per heavy atom. The van der Waals surface area contributed by atoms with Crippen molar-refractivity contribution in [3.8, 4) is 5.75 Å². The lowest BCUT2D eigenvalue weighted by molar-refractivity contribution is -0.144. The second-order valence-corrected chi connectivity index (χ2v) is 10.9. The van der Waals surface area contributed by atoms with Crippen molar-refractivity contribution < 1.29 is 14.6 Å². The molecule has 5 rings (SSSR count). The molecule has 0 radical (unpaired) electrons. The second kappa shape index (κ2) is 9.84. The van der Waals surface area contributed by atoms with Gasteiger partial charge in [0.1, 0.15) is 5.75 Å². The molecule has 0 spiro atoms. The van der Waals surface area contributed by atoms with Gasteiger partial charge in [-0.05, 0) is 80.7 Å². The fourth-order valence-corrected chi connectivity index (χ4v) is 6.78. The Morgan fingerprint density at radius 1 is 1.06 bits per heavy atom. The molecular weight excluding hydrogens is 434 g/mol. The predicted octanol–water partition coefficient (Wildman–Crippen LogP) is 6.71. The monoisotopic (exact) mass is 469 g/mol. The lowest BCUT2D eigenvalue weighted by Gasteiger charge is -2.37. The highest BCUT2D eigenvalue weighted by Gasteiger charge is 2.42. The van der Waals surface area contributed by atoms with Crippen molar-refractivity contribution in [3.05, 3.63) is 40.9 Å². The summed E-state index contributed by atoms with van der Waals surface area (Å²) in [6.07, 6.45) is 11.2. The summed E-state index contributed by atoms with van der Waals surface area (Å²) in [4.78, 5) is 14.0. The fraction of sp³-hybridized carbons (Fsp3) is 0.607. The minimum atomic E-state index is -0.616. The maximum absolute atomic E-state index is 11.4. The van der Waals surface area contributed by atoms with Crippen molar-refractivity contribution in [2.24, 2.45) is 11.8 Å². The van der Waals surface area contributed by atoms with E-state index in [0.29, 0.717) is 12.1 Å². The van der Waals surface area contributed by atoms with Crippen LogP contribution >= 0.6 is 11.6 Å². The predicted molar refractivity (Wildman–Crippen MR) is 133 cm³/mol. The standard InChI is InChI=1S/C28H36ClNO3/c1-2-18-3-9-24(10-4-18)33-26-12-6-20-15-19(5-11-25(20)27(26)29)13-14-30-22-7-8-23(30)17-21(16-22)28(31)32/h5-6,11-12,15,18,21-24H,2-4,7-10,13-14,16-17H2,1H3,(H,31,32)/t18-,21?,22?,23?,24+. The third-order valence-corrected chi connectivity index (χ3v) is 8.93. The highest BCUT2D eigenvalue weighted by molar-refractivity contribution is 6.37. The minimum Gasteiger partial charge on any atom is -0.489 e. The average Bonchev–Trinajstić information content (AvgIpc) is 3.06. The van der Waals surface area contributed by atoms with Crippen molar-refractivity contribution in [1.29, 1.82) is 0 Å². The van der Waals surface area contributed by atoms with Crippen molar-refractivity contribution in [2.45, 2.75) is 89.3 Å². The van der Waals surface area contributed by atoms with Crippen molar-refractivity contribution >= 4 is 28.3 Å². The Balaban J connectivity index is 1.22. The lowest BCUT2D eigenvalue weighted by Crippen LogP contribution is -2.45. The van der Waals surface area contributed by atoms with Crippen LogP contribution in [0.4, 0.5) is 0 Å². The molecule has 1 N–H and O–H groups in total. The molecule has 2 bridgehead atoms. The maximum atomic E-state index is 11.4. The molecule has 1 saturated carbocycles. The van der Waals surface area contributed by atoms with Gasteiger partial charge in [0, 0.05) is 24.0 Å². The first kappa shape index (κ1) is 23.0. The van der Waals surface area contributed by atoms with Crippen LogP contribution in [0.25, 0.3) is 10.8 Å². The van der Waals surface area contributed by atoms with Gasteiger partial charge < -0.3 is 9.84 Å². The molecular formula is C28H36ClNO3. The van der Waals surface area contributed by atoms with Crippen LogP contribution in [0.15, 0.2) is 30.3 Å². The summed E-state index contributed by atoms with van der Waals surface area (Å²) in [6, 6.07) is 11.6. The number of piperidine rings is 1. The molecule has 1 aliphatic carbocycles. The number of aliphatic carboxylic acids is 1. The average molecular weight is 470 g/mol. The van der Waals surface area contributed by atoms with Crippen LogP contribution in [-0.4, -0.2) is 40.7 Å². The van der Waals surface area contributed by atoms with E-state index in [1.54, 1.807) is 0 Å². The summed E-state index contributed by atoms with van der Waals surface area (Å²) in [5.41, 5.74) is 1.31. The van der Waals surface area contributed by atoms with Crippen LogP contribution in [0.5, 0.6) is 5.75 Å². The van der Waals surface area contributed by atoms with Gasteiger partial charge >= 0.3 is 5.97 Å². The van der Waals surface area contributed by atoms with Gasteiger partial charge in [0.15, 0.2) is 0 Å². The van der Waals surface area contributed by atoms with Gasteiger partial charge in [0.05, 0.1) is 17.0 Å². The smallest absolute Gasteiger partial charge is 0.306 e. The largest absolute Gasteiger partial charge is 0.489 e. The molecule has 178 valence electrons. The number of carboxylic acid groups (broad SMARTS) is 1. The van der Waals surface area contributed by atoms with Gasteiger partial charge in [-0.3, -0.25) is 9.69 Å². The SMILES string of the molecule is CC[C@H]1CC[C@@H](Oc2ccc3cc(CCN4C5CCC4CC(C(=O)O)C5)ccc3c2Cl)CC1. The number of nitrogens with zero attached hydrogens (tertiary/aromatic N) is 1. The number of halogens is 1. The van der Waals surface area contributed by atoms with E-state index < -0.39 is 5.97 Å². The summed E-state index contributed by atoms with van der Waals surface area (Å²) in [5.74, 6) is 0.901. The first-order valence-corrected chi connectivity index (χ1v) is 13.3. The molecule has 3 fully saturated rings. The Kier molecular flexibility index (Phi) is 6.85. The molecule has 0 aromatic heterocycles. The van der Waals surface area contributed by atoms with Crippen molar-refractivity contribution in [3.63, 3.8) is 0 Å². The number of hydrogen-bond donors (Lipinski definition) is 1. The van der Waals surface area contributed by atoms with E-state index >= 15 is 0 Å². The summed E-state index contributed by atoms with van der Waals surface area (Å²) >= 11 is 6.77. The van der Waals surface area contributed by atoms with Crippen LogP contribution in [-0.2, 0) is 11.2 Å². The Bertz CT molecular complexity index is 986. The molecule has 2 aromatic rings. The van der Waals surface area contributed by atoms with Crippen LogP contribution < -0.4 is 4.74 Å². The third-order valence-electron chi connectivity index (χ3n) is 8.54. The normalized spacial score (nSPS) is 29.9. The summed E-state index contributed by atoms with van der Waals surface area (Å²) < 4.78 is 6.32. The highest BCUT2D eigenvalue weighted by Crippen LogP contribution is 2.39. The maximum Gasteiger partial charge on any atom is 0.306 e. The third kappa shape index (κ3) is 4.88. The zero-order valence-electron chi connectivity index (χ0n) is 19.6. The number of hydrogen-bond acceptors (Lipinski definition) is 3. The van der Waals surface area contributed by atoms with Gasteiger partial charge in [-0.25, -0.2) is 0 Å². The Labute approximate surface area is 202 Å². The number of ether oxygens (including phenoxy) is 1. The quantitative estimate of drug-likeness (QED) is 0.489. The number of rotatable bonds is 7. The Hall–Kier alpha value is -1.78. The van der Waals surface area contributed by atoms with Crippen molar-refractivity contribution in [1.82, 2.24) is 4.90 Å². The van der Waals surface area contributed by atoms with E-state index in [1.165, 1.54) is 24.8 Å². The highest BCUT2D eigenvalue weighted by atomic mass is 35.5. The number of benzene rings is 2. The van der Waals surface area contributed by atoms with E-state index in [1.807, 2.05) is 6.07 Å². The molecule has 2 aliphatic heterocycles. The molecule has 3 aliphatic rings. The zero-order chi connectivity index (χ0) is 22.9. The van der Waals surface area contributed by atoms with Gasteiger partial charge in [0.25, 0.3) is 0 Å². The van der Waals surface area contributed by atoms with E-state index in [9.17, 15) is 9.90 Å². The first-order valence-electron chi connectivity index (χ1n) is 12.9. The van der Waals surface area contributed by atoms with Crippen LogP contribution in [0.2, 0.25) is 5.02 Å². The van der Waals surface area contributed by atoms with E-state index in [0.717, 1.165) is 79.0 Å². The summed E-state index contributed by atoms with van der Waals surface area (Å²) in [6.45, 7) is 3.29. The van der Waals surface area contributed by atoms with E-state index in [-0.39, 0.29) is 12.0 Å². The molecule has 0 amide bonds. The number of carboxylic acids is 1. The molecule has 2 atom stereocenters. The number of fused-ring (bicyclic) bond motifs is 3. The topological polar surface area (TPSA) is 49.8 Å². The first-order chi connectivity index (χ1) is 16.0. The zero-order valence-corrected chi connectivity index (χ0v) is 20.4. The summed E-state index contributed by atoms with van der Waals surface area (Å²) in [7, 11) is 0. The molecule has 5 heteroatoms. The number of carbonyl (C=O) groups is 1. The molecule has 2 heterocycles. The lowest BCUT2D eigenvalue weighted by atomic mass is 9.86.